The second-order valence-electron chi connectivity index (χ2n) is 9.05. The van der Waals surface area contributed by atoms with Crippen LogP contribution in [0.4, 0.5) is 18.9 Å². The van der Waals surface area contributed by atoms with Gasteiger partial charge in [-0.2, -0.15) is 18.4 Å². The Morgan fingerprint density at radius 2 is 1.84 bits per heavy atom. The maximum atomic E-state index is 13.3. The Labute approximate surface area is 215 Å². The smallest absolute Gasteiger partial charge is 0.417 e. The van der Waals surface area contributed by atoms with Crippen LogP contribution in [0.2, 0.25) is 0 Å². The lowest BCUT2D eigenvalue weighted by Gasteiger charge is -2.39. The summed E-state index contributed by atoms with van der Waals surface area (Å²) in [7, 11) is 1.59. The zero-order valence-electron chi connectivity index (χ0n) is 21.1. The van der Waals surface area contributed by atoms with E-state index in [1.807, 2.05) is 6.92 Å². The second-order valence-corrected chi connectivity index (χ2v) is 9.05. The topological polar surface area (TPSA) is 86.0 Å². The van der Waals surface area contributed by atoms with Crippen molar-refractivity contribution in [2.45, 2.75) is 38.0 Å². The predicted octanol–water partition coefficient (Wildman–Crippen LogP) is 4.49. The molecule has 10 heteroatoms. The monoisotopic (exact) mass is 519 g/mol. The molecule has 0 saturated carbocycles. The Morgan fingerprint density at radius 1 is 1.16 bits per heavy atom. The van der Waals surface area contributed by atoms with Gasteiger partial charge in [0.2, 0.25) is 0 Å². The van der Waals surface area contributed by atoms with Gasteiger partial charge in [-0.1, -0.05) is 0 Å². The minimum atomic E-state index is -4.61. The first kappa shape index (κ1) is 28.3. The number of hydrogen-bond acceptors (Lipinski definition) is 6. The molecule has 2 aromatic rings. The number of ether oxygens (including phenoxy) is 2. The van der Waals surface area contributed by atoms with E-state index in [1.165, 1.54) is 12.1 Å². The molecule has 0 aliphatic carbocycles. The summed E-state index contributed by atoms with van der Waals surface area (Å²) >= 11 is 0. The molecule has 0 bridgehead atoms. The second kappa shape index (κ2) is 12.3. The molecular formula is C27H32F3N3O4. The number of aliphatic hydroxyl groups is 1. The van der Waals surface area contributed by atoms with Crippen LogP contribution >= 0.6 is 0 Å². The molecule has 1 amide bonds. The van der Waals surface area contributed by atoms with E-state index < -0.39 is 22.9 Å². The van der Waals surface area contributed by atoms with Gasteiger partial charge in [-0.25, -0.2) is 0 Å². The van der Waals surface area contributed by atoms with Gasteiger partial charge in [0, 0.05) is 51.0 Å². The third-order valence-electron chi connectivity index (χ3n) is 6.66. The molecule has 3 rings (SSSR count). The first-order valence-electron chi connectivity index (χ1n) is 12.2. The van der Waals surface area contributed by atoms with Crippen LogP contribution in [0.15, 0.2) is 42.5 Å². The molecule has 1 fully saturated rings. The number of nitriles is 1. The number of piperidine rings is 1. The zero-order chi connectivity index (χ0) is 27.1. The van der Waals surface area contributed by atoms with Crippen LogP contribution in [0.1, 0.15) is 47.7 Å². The van der Waals surface area contributed by atoms with E-state index in [0.29, 0.717) is 69.0 Å². The molecule has 7 nitrogen and oxygen atoms in total. The standard InChI is InChI=1S/C27H32F3N3O4/c1-3-32(15-17-36-2)25(34)20-5-8-23(9-6-20)37-16-12-26(35)10-13-33(14-11-26)22-7-4-21(19-31)24(18-22)27(28,29)30/h4-9,18,35H,3,10-17H2,1-2H3. The van der Waals surface area contributed by atoms with Crippen molar-refractivity contribution in [3.05, 3.63) is 59.2 Å². The number of anilines is 1. The van der Waals surface area contributed by atoms with Crippen molar-refractivity contribution in [3.63, 3.8) is 0 Å². The number of methoxy groups -OCH3 is 1. The molecule has 0 aromatic heterocycles. The third-order valence-corrected chi connectivity index (χ3v) is 6.66. The Balaban J connectivity index is 1.51. The van der Waals surface area contributed by atoms with Gasteiger partial charge in [-0.05, 0) is 62.2 Å². The molecule has 37 heavy (non-hydrogen) atoms. The predicted molar refractivity (Wildman–Crippen MR) is 133 cm³/mol. The summed E-state index contributed by atoms with van der Waals surface area (Å²) in [6.45, 7) is 4.47. The van der Waals surface area contributed by atoms with E-state index in [2.05, 4.69) is 0 Å². The zero-order valence-corrected chi connectivity index (χ0v) is 21.1. The lowest BCUT2D eigenvalue weighted by Crippen LogP contribution is -2.45. The molecule has 0 spiro atoms. The molecule has 1 aliphatic heterocycles. The van der Waals surface area contributed by atoms with E-state index >= 15 is 0 Å². The van der Waals surface area contributed by atoms with Crippen LogP contribution in [0, 0.1) is 11.3 Å². The van der Waals surface area contributed by atoms with Gasteiger partial charge in [0.15, 0.2) is 0 Å². The molecule has 0 atom stereocenters. The van der Waals surface area contributed by atoms with Gasteiger partial charge in [-0.15, -0.1) is 0 Å². The maximum Gasteiger partial charge on any atom is 0.417 e. The van der Waals surface area contributed by atoms with Gasteiger partial charge >= 0.3 is 6.18 Å². The number of benzene rings is 2. The van der Waals surface area contributed by atoms with Gasteiger partial charge in [0.1, 0.15) is 5.75 Å². The molecule has 2 aromatic carbocycles. The van der Waals surface area contributed by atoms with Crippen LogP contribution in [0.3, 0.4) is 0 Å². The fourth-order valence-electron chi connectivity index (χ4n) is 4.33. The van der Waals surface area contributed by atoms with Crippen molar-refractivity contribution in [2.24, 2.45) is 0 Å². The highest BCUT2D eigenvalue weighted by Gasteiger charge is 2.36. The summed E-state index contributed by atoms with van der Waals surface area (Å²) < 4.78 is 50.7. The summed E-state index contributed by atoms with van der Waals surface area (Å²) in [6.07, 6.45) is -3.50. The normalized spacial score (nSPS) is 15.2. The number of hydrogen-bond donors (Lipinski definition) is 1. The van der Waals surface area contributed by atoms with Gasteiger partial charge in [0.05, 0.1) is 36.0 Å². The number of rotatable bonds is 10. The molecular weight excluding hydrogens is 487 g/mol. The number of likely N-dealkylation sites (N-methyl/N-ethyl adjacent to an activating group) is 1. The summed E-state index contributed by atoms with van der Waals surface area (Å²) in [5.41, 5.74) is -1.43. The Hall–Kier alpha value is -3.29. The molecule has 200 valence electrons. The minimum Gasteiger partial charge on any atom is -0.493 e. The fraction of sp³-hybridized carbons (Fsp3) is 0.481. The average molecular weight is 520 g/mol. The first-order chi connectivity index (χ1) is 17.6. The Bertz CT molecular complexity index is 1090. The van der Waals surface area contributed by atoms with Crippen molar-refractivity contribution in [1.82, 2.24) is 4.90 Å². The van der Waals surface area contributed by atoms with E-state index in [9.17, 15) is 23.1 Å². The number of carbonyl (C=O) groups is 1. The first-order valence-corrected chi connectivity index (χ1v) is 12.2. The van der Waals surface area contributed by atoms with Crippen LogP contribution < -0.4 is 9.64 Å². The van der Waals surface area contributed by atoms with Crippen molar-refractivity contribution < 1.29 is 32.5 Å². The van der Waals surface area contributed by atoms with Crippen molar-refractivity contribution in [3.8, 4) is 11.8 Å². The van der Waals surface area contributed by atoms with Gasteiger partial charge in [-0.3, -0.25) is 4.79 Å². The molecule has 1 aliphatic rings. The summed E-state index contributed by atoms with van der Waals surface area (Å²) in [5.74, 6) is 0.492. The van der Waals surface area contributed by atoms with Crippen molar-refractivity contribution in [1.29, 1.82) is 5.26 Å². The molecule has 1 saturated heterocycles. The molecule has 1 heterocycles. The van der Waals surface area contributed by atoms with E-state index in [1.54, 1.807) is 47.2 Å². The van der Waals surface area contributed by atoms with E-state index in [4.69, 9.17) is 14.7 Å². The molecule has 0 unspecified atom stereocenters. The summed E-state index contributed by atoms with van der Waals surface area (Å²) in [5, 5.41) is 20.0. The van der Waals surface area contributed by atoms with Crippen molar-refractivity contribution in [2.75, 3.05) is 51.4 Å². The highest BCUT2D eigenvalue weighted by Crippen LogP contribution is 2.36. The highest BCUT2D eigenvalue weighted by atomic mass is 19.4. The number of halogens is 3. The summed E-state index contributed by atoms with van der Waals surface area (Å²) in [6, 6.07) is 12.1. The fourth-order valence-corrected chi connectivity index (χ4v) is 4.33. The van der Waals surface area contributed by atoms with Crippen LogP contribution in [-0.4, -0.2) is 68.0 Å². The molecule has 1 N–H and O–H groups in total. The Morgan fingerprint density at radius 3 is 2.41 bits per heavy atom. The number of carbonyl (C=O) groups excluding carboxylic acids is 1. The van der Waals surface area contributed by atoms with Crippen molar-refractivity contribution >= 4 is 11.6 Å². The van der Waals surface area contributed by atoms with Crippen LogP contribution in [0.25, 0.3) is 0 Å². The van der Waals surface area contributed by atoms with Gasteiger partial charge in [0.25, 0.3) is 5.91 Å². The number of alkyl halides is 3. The molecule has 0 radical (unpaired) electrons. The lowest BCUT2D eigenvalue weighted by atomic mass is 9.88. The van der Waals surface area contributed by atoms with Crippen LogP contribution in [0.5, 0.6) is 5.75 Å². The quantitative estimate of drug-likeness (QED) is 0.498. The Kier molecular flexibility index (Phi) is 9.40. The van der Waals surface area contributed by atoms with E-state index in [-0.39, 0.29) is 12.5 Å². The number of nitrogens with zero attached hydrogens (tertiary/aromatic N) is 3. The minimum absolute atomic E-state index is 0.0863. The largest absolute Gasteiger partial charge is 0.493 e. The maximum absolute atomic E-state index is 13.3. The van der Waals surface area contributed by atoms with E-state index in [0.717, 1.165) is 6.07 Å². The van der Waals surface area contributed by atoms with Gasteiger partial charge < -0.3 is 24.4 Å². The summed E-state index contributed by atoms with van der Waals surface area (Å²) in [4.78, 5) is 16.1. The SMILES string of the molecule is CCN(CCOC)C(=O)c1ccc(OCCC2(O)CCN(c3ccc(C#N)c(C(F)(F)F)c3)CC2)cc1. The average Bonchev–Trinajstić information content (AvgIpc) is 2.89. The van der Waals surface area contributed by atoms with Crippen LogP contribution in [-0.2, 0) is 10.9 Å². The lowest BCUT2D eigenvalue weighted by molar-refractivity contribution is -0.137. The highest BCUT2D eigenvalue weighted by molar-refractivity contribution is 5.94. The third kappa shape index (κ3) is 7.37. The number of amides is 1.